The number of carbonyl (C=O) groups excluding carboxylic acids is 2. The molecule has 1 N–H and O–H groups in total. The summed E-state index contributed by atoms with van der Waals surface area (Å²) < 4.78 is 11.1. The molecule has 65 heavy (non-hydrogen) atoms. The standard InChI is InChI=1S/C55H73N4O5.Mg/c1-13-39-35(8)42-28-44-37(10)41(24-25-48(60)64-27-26-34(7)23-17-22-33(6)21-16-20-32(5)19-15-18-31(3)4)52(58-44)50-51(55(62)63-12)54(61)49-38(11)45(59-53(49)50)30-47-40(14-2)36(9)43(57-47)29-46(39)56-42;/h13,26,28-33,37,41H,1,14-25,27H2,2-12H3,(H2-,58,59,61,62);/q-3;+2/p-1/b34-26+,43-29-,44-28-,47-30-;/t32-,33-,37+,41+;/m1./s1. The smallest absolute Gasteiger partial charge is 0.664 e. The number of aliphatic hydroxyl groups is 1. The number of hydrogen-bond donors (Lipinski definition) is 1. The van der Waals surface area contributed by atoms with Crippen molar-refractivity contribution in [2.45, 2.75) is 146 Å². The van der Waals surface area contributed by atoms with Crippen molar-refractivity contribution in [3.63, 3.8) is 0 Å². The summed E-state index contributed by atoms with van der Waals surface area (Å²) in [5, 5.41) is 18.7. The van der Waals surface area contributed by atoms with Crippen LogP contribution in [0.3, 0.4) is 0 Å². The van der Waals surface area contributed by atoms with Gasteiger partial charge in [0.2, 0.25) is 0 Å². The Balaban J connectivity index is 0.00000793. The van der Waals surface area contributed by atoms with Gasteiger partial charge in [-0.25, -0.2) is 4.79 Å². The van der Waals surface area contributed by atoms with Gasteiger partial charge in [-0.05, 0) is 100 Å². The molecular formula is C55H72MgN4O5-2. The summed E-state index contributed by atoms with van der Waals surface area (Å²) in [7, 11) is 1.30. The van der Waals surface area contributed by atoms with Crippen molar-refractivity contribution in [2.24, 2.45) is 29.6 Å². The molecule has 0 aromatic carbocycles. The van der Waals surface area contributed by atoms with Gasteiger partial charge in [0.1, 0.15) is 17.9 Å². The molecular weight excluding hydrogens is 821 g/mol. The summed E-state index contributed by atoms with van der Waals surface area (Å²) in [4.78, 5) is 42.3. The summed E-state index contributed by atoms with van der Waals surface area (Å²) in [6.45, 7) is 26.1. The average Bonchev–Trinajstić information content (AvgIpc) is 3.99. The van der Waals surface area contributed by atoms with Crippen LogP contribution in [0, 0.1) is 50.4 Å². The third-order valence-electron chi connectivity index (χ3n) is 14.1. The number of nitrogens with zero attached hydrogens (tertiary/aromatic N) is 4. The maximum atomic E-state index is 13.6. The molecule has 10 heteroatoms. The van der Waals surface area contributed by atoms with E-state index in [0.717, 1.165) is 86.7 Å². The van der Waals surface area contributed by atoms with Gasteiger partial charge in [-0.15, -0.1) is 39.2 Å². The number of ether oxygens (including phenoxy) is 2. The van der Waals surface area contributed by atoms with Gasteiger partial charge in [0.05, 0.1) is 7.11 Å². The molecule has 3 aromatic heterocycles. The van der Waals surface area contributed by atoms with E-state index in [9.17, 15) is 14.7 Å². The molecule has 6 rings (SSSR count). The van der Waals surface area contributed by atoms with Gasteiger partial charge < -0.3 is 34.8 Å². The van der Waals surface area contributed by atoms with Gasteiger partial charge in [-0.1, -0.05) is 145 Å². The average molecular weight is 894 g/mol. The summed E-state index contributed by atoms with van der Waals surface area (Å²) in [6.07, 6.45) is 22.5. The zero-order valence-corrected chi connectivity index (χ0v) is 42.7. The Kier molecular flexibility index (Phi) is 18.1. The van der Waals surface area contributed by atoms with Crippen LogP contribution in [0.25, 0.3) is 41.0 Å². The predicted octanol–water partition coefficient (Wildman–Crippen LogP) is 10.8. The number of carbonyl (C=O) groups is 2. The maximum Gasteiger partial charge on any atom is 2.00 e. The second-order valence-electron chi connectivity index (χ2n) is 19.3. The van der Waals surface area contributed by atoms with Crippen molar-refractivity contribution in [2.75, 3.05) is 13.7 Å². The Morgan fingerprint density at radius 3 is 2.14 bits per heavy atom. The van der Waals surface area contributed by atoms with Gasteiger partial charge in [0.25, 0.3) is 0 Å². The van der Waals surface area contributed by atoms with Crippen molar-refractivity contribution in [1.82, 2.24) is 15.0 Å². The van der Waals surface area contributed by atoms with Crippen LogP contribution in [0.2, 0.25) is 0 Å². The zero-order valence-electron chi connectivity index (χ0n) is 41.2. The van der Waals surface area contributed by atoms with E-state index in [2.05, 4.69) is 62.0 Å². The monoisotopic (exact) mass is 893 g/mol. The minimum atomic E-state index is -0.680. The van der Waals surface area contributed by atoms with Gasteiger partial charge >= 0.3 is 35.0 Å². The van der Waals surface area contributed by atoms with E-state index in [1.807, 2.05) is 44.2 Å². The largest absolute Gasteiger partial charge is 2.00 e. The molecule has 0 amide bonds. The molecule has 0 spiro atoms. The molecule has 1 fully saturated rings. The fourth-order valence-electron chi connectivity index (χ4n) is 9.92. The maximum absolute atomic E-state index is 13.6. The van der Waals surface area contributed by atoms with Gasteiger partial charge in [0.15, 0.2) is 0 Å². The van der Waals surface area contributed by atoms with E-state index in [-0.39, 0.29) is 65.2 Å². The summed E-state index contributed by atoms with van der Waals surface area (Å²) in [5.41, 5.74) is 10.9. The zero-order chi connectivity index (χ0) is 46.4. The number of methoxy groups -OCH3 is 1. The molecule has 3 aromatic rings. The number of aromatic nitrogens is 3. The van der Waals surface area contributed by atoms with Crippen molar-refractivity contribution in [3.05, 3.63) is 107 Å². The Morgan fingerprint density at radius 2 is 1.49 bits per heavy atom. The minimum absolute atomic E-state index is 0. The van der Waals surface area contributed by atoms with E-state index < -0.39 is 5.97 Å². The Morgan fingerprint density at radius 1 is 0.846 bits per heavy atom. The molecule has 0 saturated carbocycles. The Labute approximate surface area is 404 Å². The van der Waals surface area contributed by atoms with Gasteiger partial charge in [-0.2, -0.15) is 5.70 Å². The van der Waals surface area contributed by atoms with E-state index >= 15 is 0 Å². The summed E-state index contributed by atoms with van der Waals surface area (Å²) >= 11 is 0. The number of rotatable bonds is 20. The van der Waals surface area contributed by atoms with Crippen molar-refractivity contribution < 1.29 is 24.2 Å². The van der Waals surface area contributed by atoms with Crippen LogP contribution in [0.1, 0.15) is 175 Å². The fourth-order valence-corrected chi connectivity index (χ4v) is 9.92. The second-order valence-corrected chi connectivity index (χ2v) is 19.3. The summed E-state index contributed by atoms with van der Waals surface area (Å²) in [5.74, 6) is 0.678. The molecule has 4 atom stereocenters. The van der Waals surface area contributed by atoms with E-state index in [4.69, 9.17) is 29.7 Å². The predicted molar refractivity (Wildman–Crippen MR) is 266 cm³/mol. The fraction of sp³-hybridized carbons (Fsp3) is 0.527. The molecule has 5 heterocycles. The third-order valence-corrected chi connectivity index (χ3v) is 14.1. The first kappa shape index (κ1) is 51.6. The van der Waals surface area contributed by atoms with Crippen LogP contribution < -0.4 is 25.7 Å². The molecule has 9 nitrogen and oxygen atoms in total. The SMILES string of the molecule is C=Cc1c2[n-]c(c1C)/C=C1\[N-]/C(=C3/C(C(=O)OC)=C(O)c4c3[n-]c(c4C)/C=c3\[n-]/c(c(C)c3CC)=C\2)[C@@H](CCC(=O)OC/C=C(\C)CCC[C@H](C)CCC[C@H](C)CCCC(C)C)[C@@H]1C.[Mg+2]. The molecule has 346 valence electrons. The van der Waals surface area contributed by atoms with Gasteiger partial charge in [-0.3, -0.25) is 4.79 Å². The van der Waals surface area contributed by atoms with Crippen LogP contribution in [-0.2, 0) is 25.5 Å². The molecule has 2 aliphatic heterocycles. The van der Waals surface area contributed by atoms with Crippen LogP contribution in [0.15, 0.2) is 35.2 Å². The number of esters is 2. The first-order valence-electron chi connectivity index (χ1n) is 23.9. The first-order valence-corrected chi connectivity index (χ1v) is 23.9. The quantitative estimate of drug-likeness (QED) is 0.0674. The van der Waals surface area contributed by atoms with E-state index in [0.29, 0.717) is 40.6 Å². The number of fused-ring (bicyclic) bond motifs is 7. The topological polar surface area (TPSA) is 129 Å². The number of hydrogen-bond acceptors (Lipinski definition) is 5. The molecule has 0 radical (unpaired) electrons. The summed E-state index contributed by atoms with van der Waals surface area (Å²) in [6, 6.07) is 0. The number of aliphatic hydroxyl groups excluding tert-OH is 1. The first-order chi connectivity index (χ1) is 30.6. The van der Waals surface area contributed by atoms with Crippen LogP contribution in [-0.4, -0.2) is 53.8 Å². The molecule has 1 aliphatic carbocycles. The Bertz CT molecular complexity index is 2490. The Hall–Kier alpha value is -4.41. The van der Waals surface area contributed by atoms with Crippen LogP contribution in [0.4, 0.5) is 0 Å². The molecule has 8 bridgehead atoms. The van der Waals surface area contributed by atoms with Crippen LogP contribution >= 0.6 is 0 Å². The van der Waals surface area contributed by atoms with E-state index in [1.54, 1.807) is 0 Å². The molecule has 1 saturated heterocycles. The molecule has 3 aliphatic rings. The van der Waals surface area contributed by atoms with Gasteiger partial charge in [0, 0.05) is 12.0 Å². The second kappa shape index (κ2) is 22.9. The van der Waals surface area contributed by atoms with Crippen LogP contribution in [0.5, 0.6) is 0 Å². The van der Waals surface area contributed by atoms with Crippen molar-refractivity contribution in [1.29, 1.82) is 0 Å². The van der Waals surface area contributed by atoms with E-state index in [1.165, 1.54) is 57.6 Å². The third kappa shape index (κ3) is 11.6. The van der Waals surface area contributed by atoms with Crippen molar-refractivity contribution >= 4 is 70.6 Å². The minimum Gasteiger partial charge on any atom is -0.664 e. The number of allylic oxidation sites excluding steroid dienone is 3. The van der Waals surface area contributed by atoms with Crippen molar-refractivity contribution in [3.8, 4) is 0 Å². The molecule has 0 unspecified atom stereocenters. The normalized spacial score (nSPS) is 20.6.